The predicted molar refractivity (Wildman–Crippen MR) is 142 cm³/mol. The first-order chi connectivity index (χ1) is 17.7. The summed E-state index contributed by atoms with van der Waals surface area (Å²) in [6, 6.07) is 10.2. The molecule has 5 aromatic rings. The van der Waals surface area contributed by atoms with Crippen molar-refractivity contribution < 1.29 is 4.79 Å². The van der Waals surface area contributed by atoms with E-state index in [1.54, 1.807) is 18.6 Å². The van der Waals surface area contributed by atoms with E-state index in [0.717, 1.165) is 58.6 Å². The fourth-order valence-electron chi connectivity index (χ4n) is 4.88. The summed E-state index contributed by atoms with van der Waals surface area (Å²) in [7, 11) is 0. The molecular weight excluding hydrogens is 452 g/mol. The number of nitrogens with one attached hydrogen (secondary N) is 3. The number of piperidine rings is 1. The number of H-pyrrole nitrogens is 2. The molecule has 1 aromatic carbocycles. The lowest BCUT2D eigenvalue weighted by Gasteiger charge is -2.28. The van der Waals surface area contributed by atoms with Gasteiger partial charge in [-0.3, -0.25) is 14.9 Å². The third kappa shape index (κ3) is 4.17. The Balaban J connectivity index is 1.37. The maximum Gasteiger partial charge on any atom is 0.224 e. The molecule has 0 aliphatic carbocycles. The van der Waals surface area contributed by atoms with Gasteiger partial charge in [0.15, 0.2) is 11.5 Å². The zero-order valence-electron chi connectivity index (χ0n) is 20.2. The van der Waals surface area contributed by atoms with Gasteiger partial charge in [-0.05, 0) is 49.9 Å². The Hall–Kier alpha value is -4.27. The first-order valence-corrected chi connectivity index (χ1v) is 12.5. The van der Waals surface area contributed by atoms with Crippen LogP contribution >= 0.6 is 0 Å². The van der Waals surface area contributed by atoms with Gasteiger partial charge in [0.05, 0.1) is 28.5 Å². The fraction of sp³-hybridized carbons (Fsp3) is 0.296. The van der Waals surface area contributed by atoms with E-state index >= 15 is 0 Å². The van der Waals surface area contributed by atoms with E-state index in [1.807, 2.05) is 19.1 Å². The van der Waals surface area contributed by atoms with Crippen LogP contribution in [0.25, 0.3) is 44.7 Å². The number of carbonyl (C=O) groups excluding carboxylic acids is 1. The molecule has 36 heavy (non-hydrogen) atoms. The number of fused-ring (bicyclic) bond motifs is 2. The zero-order chi connectivity index (χ0) is 24.5. The van der Waals surface area contributed by atoms with E-state index < -0.39 is 0 Å². The van der Waals surface area contributed by atoms with Crippen LogP contribution in [0.15, 0.2) is 48.9 Å². The van der Waals surface area contributed by atoms with E-state index in [0.29, 0.717) is 17.8 Å². The number of imidazole rings is 1. The quantitative estimate of drug-likeness (QED) is 0.304. The van der Waals surface area contributed by atoms with Gasteiger partial charge in [-0.1, -0.05) is 13.0 Å². The maximum absolute atomic E-state index is 12.0. The monoisotopic (exact) mass is 480 g/mol. The van der Waals surface area contributed by atoms with Crippen LogP contribution < -0.4 is 10.2 Å². The summed E-state index contributed by atoms with van der Waals surface area (Å²) in [5.41, 5.74) is 6.97. The van der Waals surface area contributed by atoms with Gasteiger partial charge in [-0.2, -0.15) is 5.10 Å². The minimum absolute atomic E-state index is 0.0176. The molecule has 0 bridgehead atoms. The molecular formula is C27H28N8O. The number of nitrogens with zero attached hydrogens (tertiary/aromatic N) is 5. The number of rotatable bonds is 6. The molecule has 9 nitrogen and oxygen atoms in total. The lowest BCUT2D eigenvalue weighted by atomic mass is 10.1. The normalized spacial score (nSPS) is 14.0. The van der Waals surface area contributed by atoms with Crippen molar-refractivity contribution in [3.8, 4) is 22.6 Å². The molecule has 1 saturated heterocycles. The Kier molecular flexibility index (Phi) is 5.80. The number of para-hydroxylation sites is 1. The molecule has 0 radical (unpaired) electrons. The molecule has 5 heterocycles. The van der Waals surface area contributed by atoms with Crippen molar-refractivity contribution in [1.82, 2.24) is 30.1 Å². The summed E-state index contributed by atoms with van der Waals surface area (Å²) in [5, 5.41) is 11.3. The highest BCUT2D eigenvalue weighted by Crippen LogP contribution is 2.33. The molecule has 6 rings (SSSR count). The van der Waals surface area contributed by atoms with Crippen LogP contribution in [0, 0.1) is 0 Å². The second-order valence-corrected chi connectivity index (χ2v) is 9.26. The summed E-state index contributed by atoms with van der Waals surface area (Å²) < 4.78 is 0. The molecule has 4 aromatic heterocycles. The van der Waals surface area contributed by atoms with Gasteiger partial charge in [-0.15, -0.1) is 0 Å². The summed E-state index contributed by atoms with van der Waals surface area (Å²) in [6.45, 7) is 4.11. The van der Waals surface area contributed by atoms with E-state index in [1.165, 1.54) is 24.9 Å². The van der Waals surface area contributed by atoms with Crippen molar-refractivity contribution in [3.63, 3.8) is 0 Å². The lowest BCUT2D eigenvalue weighted by molar-refractivity contribution is -0.116. The smallest absolute Gasteiger partial charge is 0.224 e. The largest absolute Gasteiger partial charge is 0.370 e. The molecule has 1 fully saturated rings. The van der Waals surface area contributed by atoms with Crippen LogP contribution in [0.3, 0.4) is 0 Å². The van der Waals surface area contributed by atoms with E-state index in [4.69, 9.17) is 4.98 Å². The third-order valence-corrected chi connectivity index (χ3v) is 6.67. The highest BCUT2D eigenvalue weighted by Gasteiger charge is 2.19. The second kappa shape index (κ2) is 9.41. The Morgan fingerprint density at radius 3 is 2.81 bits per heavy atom. The number of hydrogen-bond acceptors (Lipinski definition) is 6. The van der Waals surface area contributed by atoms with Crippen LogP contribution in [-0.2, 0) is 4.79 Å². The highest BCUT2D eigenvalue weighted by molar-refractivity contribution is 5.96. The topological polar surface area (TPSA) is 115 Å². The fourth-order valence-corrected chi connectivity index (χ4v) is 4.88. The molecule has 0 unspecified atom stereocenters. The number of carbonyl (C=O) groups is 1. The average Bonchev–Trinajstić information content (AvgIpc) is 3.53. The van der Waals surface area contributed by atoms with Crippen LogP contribution in [0.1, 0.15) is 39.0 Å². The van der Waals surface area contributed by atoms with Crippen LogP contribution in [0.2, 0.25) is 0 Å². The number of amides is 1. The van der Waals surface area contributed by atoms with Gasteiger partial charge < -0.3 is 15.2 Å². The van der Waals surface area contributed by atoms with Gasteiger partial charge in [0, 0.05) is 43.0 Å². The number of aromatic nitrogens is 6. The minimum Gasteiger partial charge on any atom is -0.370 e. The van der Waals surface area contributed by atoms with Gasteiger partial charge >= 0.3 is 0 Å². The number of hydrogen-bond donors (Lipinski definition) is 3. The number of anilines is 2. The van der Waals surface area contributed by atoms with Crippen molar-refractivity contribution in [2.75, 3.05) is 23.3 Å². The summed E-state index contributed by atoms with van der Waals surface area (Å²) >= 11 is 0. The second-order valence-electron chi connectivity index (χ2n) is 9.26. The average molecular weight is 481 g/mol. The molecule has 0 spiro atoms. The van der Waals surface area contributed by atoms with Gasteiger partial charge in [-0.25, -0.2) is 9.97 Å². The van der Waals surface area contributed by atoms with Gasteiger partial charge in [0.2, 0.25) is 5.91 Å². The van der Waals surface area contributed by atoms with Gasteiger partial charge in [0.1, 0.15) is 11.2 Å². The van der Waals surface area contributed by atoms with Crippen molar-refractivity contribution in [2.24, 2.45) is 0 Å². The molecule has 9 heteroatoms. The minimum atomic E-state index is -0.0176. The van der Waals surface area contributed by atoms with Crippen LogP contribution in [0.4, 0.5) is 11.4 Å². The SMILES string of the molecule is CCCC(=O)Nc1cncc(-c2cnc3n[nH]c(-c4nc5c(N6CCCCC6)cccc5[nH]4)c3c2)c1. The number of pyridine rings is 2. The number of aromatic amines is 2. The molecule has 3 N–H and O–H groups in total. The Morgan fingerprint density at radius 1 is 1.08 bits per heavy atom. The Labute approximate surface area is 208 Å². The Morgan fingerprint density at radius 2 is 1.94 bits per heavy atom. The molecule has 0 atom stereocenters. The van der Waals surface area contributed by atoms with Crippen molar-refractivity contribution >= 4 is 39.3 Å². The van der Waals surface area contributed by atoms with Crippen LogP contribution in [0.5, 0.6) is 0 Å². The predicted octanol–water partition coefficient (Wildman–Crippen LogP) is 5.29. The molecule has 1 amide bonds. The summed E-state index contributed by atoms with van der Waals surface area (Å²) in [4.78, 5) is 31.8. The maximum atomic E-state index is 12.0. The molecule has 1 aliphatic rings. The lowest BCUT2D eigenvalue weighted by Crippen LogP contribution is -2.29. The highest BCUT2D eigenvalue weighted by atomic mass is 16.1. The van der Waals surface area contributed by atoms with Crippen molar-refractivity contribution in [3.05, 3.63) is 48.9 Å². The first-order valence-electron chi connectivity index (χ1n) is 12.5. The summed E-state index contributed by atoms with van der Waals surface area (Å²) in [6.07, 6.45) is 10.2. The molecule has 182 valence electrons. The molecule has 1 aliphatic heterocycles. The number of benzene rings is 1. The Bertz CT molecular complexity index is 1550. The van der Waals surface area contributed by atoms with E-state index in [-0.39, 0.29) is 5.91 Å². The van der Waals surface area contributed by atoms with Crippen LogP contribution in [-0.4, -0.2) is 49.1 Å². The van der Waals surface area contributed by atoms with Crippen molar-refractivity contribution in [2.45, 2.75) is 39.0 Å². The van der Waals surface area contributed by atoms with E-state index in [9.17, 15) is 4.79 Å². The first kappa shape index (κ1) is 22.2. The summed E-state index contributed by atoms with van der Waals surface area (Å²) in [5.74, 6) is 0.713. The molecule has 0 saturated carbocycles. The zero-order valence-corrected chi connectivity index (χ0v) is 20.2. The van der Waals surface area contributed by atoms with Gasteiger partial charge in [0.25, 0.3) is 0 Å². The van der Waals surface area contributed by atoms with Crippen molar-refractivity contribution in [1.29, 1.82) is 0 Å². The van der Waals surface area contributed by atoms with E-state index in [2.05, 4.69) is 53.6 Å². The standard InChI is InChI=1S/C27H28N8O/c1-2-7-23(36)30-19-12-17(14-28-16-19)18-13-20-24(33-34-26(20)29-15-18)27-31-21-8-6-9-22(25(21)32-27)35-10-4-3-5-11-35/h6,8-9,12-16H,2-5,7,10-11H2,1H3,(H,30,36)(H,31,32)(H,29,33,34). The third-order valence-electron chi connectivity index (χ3n) is 6.67.